The highest BCUT2D eigenvalue weighted by atomic mass is 16.5. The highest BCUT2D eigenvalue weighted by molar-refractivity contribution is 5.87. The monoisotopic (exact) mass is 287 g/mol. The van der Waals surface area contributed by atoms with Crippen molar-refractivity contribution in [2.75, 3.05) is 26.2 Å². The molecule has 20 heavy (non-hydrogen) atoms. The Morgan fingerprint density at radius 3 is 2.75 bits per heavy atom. The van der Waals surface area contributed by atoms with Gasteiger partial charge in [0, 0.05) is 13.1 Å². The lowest BCUT2D eigenvalue weighted by atomic mass is 10.2. The summed E-state index contributed by atoms with van der Waals surface area (Å²) in [6.07, 6.45) is -0.199. The molecule has 3 N–H and O–H groups in total. The number of amides is 3. The van der Waals surface area contributed by atoms with Crippen LogP contribution in [0.2, 0.25) is 0 Å². The number of carbonyl (C=O) groups excluding carboxylic acids is 2. The largest absolute Gasteiger partial charge is 0.479 e. The SMILES string of the molecule is CCCNC(=O)C(C)NC(=O)N1CCOC(C(=O)O)C1. The summed E-state index contributed by atoms with van der Waals surface area (Å²) >= 11 is 0. The van der Waals surface area contributed by atoms with Crippen LogP contribution in [-0.2, 0) is 14.3 Å². The topological polar surface area (TPSA) is 108 Å². The maximum atomic E-state index is 11.9. The number of hydrogen-bond acceptors (Lipinski definition) is 4. The van der Waals surface area contributed by atoms with Crippen LogP contribution in [0, 0.1) is 0 Å². The van der Waals surface area contributed by atoms with Crippen molar-refractivity contribution in [3.05, 3.63) is 0 Å². The summed E-state index contributed by atoms with van der Waals surface area (Å²) in [6.45, 7) is 4.52. The number of nitrogens with one attached hydrogen (secondary N) is 2. The smallest absolute Gasteiger partial charge is 0.334 e. The molecule has 1 saturated heterocycles. The quantitative estimate of drug-likeness (QED) is 0.625. The van der Waals surface area contributed by atoms with E-state index in [4.69, 9.17) is 9.84 Å². The van der Waals surface area contributed by atoms with Crippen LogP contribution in [0.5, 0.6) is 0 Å². The number of rotatable bonds is 5. The predicted molar refractivity (Wildman–Crippen MR) is 70.2 cm³/mol. The molecule has 1 heterocycles. The molecule has 2 unspecified atom stereocenters. The molecule has 2 atom stereocenters. The van der Waals surface area contributed by atoms with Gasteiger partial charge in [0.2, 0.25) is 5.91 Å². The number of carbonyl (C=O) groups is 3. The minimum atomic E-state index is -1.10. The molecule has 8 nitrogen and oxygen atoms in total. The number of aliphatic carboxylic acids is 1. The summed E-state index contributed by atoms with van der Waals surface area (Å²) in [5, 5.41) is 14.1. The summed E-state index contributed by atoms with van der Waals surface area (Å²) in [7, 11) is 0. The van der Waals surface area contributed by atoms with E-state index < -0.39 is 24.1 Å². The molecule has 1 fully saturated rings. The van der Waals surface area contributed by atoms with Gasteiger partial charge in [0.15, 0.2) is 6.10 Å². The Morgan fingerprint density at radius 1 is 1.45 bits per heavy atom. The minimum Gasteiger partial charge on any atom is -0.479 e. The fourth-order valence-corrected chi connectivity index (χ4v) is 1.73. The molecule has 0 radical (unpaired) electrons. The minimum absolute atomic E-state index is 0.0233. The molecule has 114 valence electrons. The number of urea groups is 1. The molecule has 1 aliphatic heterocycles. The Morgan fingerprint density at radius 2 is 2.15 bits per heavy atom. The van der Waals surface area contributed by atoms with Crippen LogP contribution in [0.3, 0.4) is 0 Å². The molecule has 0 bridgehead atoms. The van der Waals surface area contributed by atoms with E-state index in [2.05, 4.69) is 10.6 Å². The van der Waals surface area contributed by atoms with Crippen LogP contribution in [0.25, 0.3) is 0 Å². The van der Waals surface area contributed by atoms with Gasteiger partial charge in [0.1, 0.15) is 6.04 Å². The van der Waals surface area contributed by atoms with Gasteiger partial charge >= 0.3 is 12.0 Å². The van der Waals surface area contributed by atoms with Crippen LogP contribution in [0.15, 0.2) is 0 Å². The molecule has 1 rings (SSSR count). The van der Waals surface area contributed by atoms with Crippen LogP contribution in [0.4, 0.5) is 4.79 Å². The highest BCUT2D eigenvalue weighted by Crippen LogP contribution is 2.05. The Labute approximate surface area is 117 Å². The lowest BCUT2D eigenvalue weighted by Crippen LogP contribution is -2.55. The third-order valence-electron chi connectivity index (χ3n) is 2.91. The van der Waals surface area contributed by atoms with E-state index in [1.165, 1.54) is 4.90 Å². The van der Waals surface area contributed by atoms with Crippen LogP contribution < -0.4 is 10.6 Å². The van der Waals surface area contributed by atoms with Gasteiger partial charge < -0.3 is 25.4 Å². The Balaban J connectivity index is 2.45. The maximum absolute atomic E-state index is 11.9. The van der Waals surface area contributed by atoms with E-state index in [0.717, 1.165) is 6.42 Å². The number of ether oxygens (including phenoxy) is 1. The summed E-state index contributed by atoms with van der Waals surface area (Å²) in [4.78, 5) is 35.7. The zero-order valence-corrected chi connectivity index (χ0v) is 11.7. The van der Waals surface area contributed by atoms with Crippen molar-refractivity contribution in [1.82, 2.24) is 15.5 Å². The summed E-state index contributed by atoms with van der Waals surface area (Å²) in [5.41, 5.74) is 0. The fraction of sp³-hybridized carbons (Fsp3) is 0.750. The lowest BCUT2D eigenvalue weighted by molar-refractivity contribution is -0.154. The van der Waals surface area contributed by atoms with Crippen LogP contribution in [-0.4, -0.2) is 66.3 Å². The zero-order valence-electron chi connectivity index (χ0n) is 11.7. The molecule has 0 aliphatic carbocycles. The third kappa shape index (κ3) is 4.69. The first-order chi connectivity index (χ1) is 9.45. The number of morpholine rings is 1. The fourth-order valence-electron chi connectivity index (χ4n) is 1.73. The van der Waals surface area contributed by atoms with Crippen LogP contribution >= 0.6 is 0 Å². The van der Waals surface area contributed by atoms with Gasteiger partial charge in [-0.25, -0.2) is 9.59 Å². The Kier molecular flexibility index (Phi) is 6.23. The van der Waals surface area contributed by atoms with Gasteiger partial charge in [0.25, 0.3) is 0 Å². The molecule has 3 amide bonds. The first-order valence-corrected chi connectivity index (χ1v) is 6.63. The van der Waals surface area contributed by atoms with Crippen molar-refractivity contribution < 1.29 is 24.2 Å². The summed E-state index contributed by atoms with van der Waals surface area (Å²) in [5.74, 6) is -1.36. The molecule has 0 aromatic heterocycles. The number of carboxylic acids is 1. The molecule has 0 aromatic carbocycles. The first kappa shape index (κ1) is 16.2. The van der Waals surface area contributed by atoms with Gasteiger partial charge in [-0.2, -0.15) is 0 Å². The van der Waals surface area contributed by atoms with Gasteiger partial charge in [-0.1, -0.05) is 6.92 Å². The van der Waals surface area contributed by atoms with Crippen molar-refractivity contribution in [2.24, 2.45) is 0 Å². The average molecular weight is 287 g/mol. The number of nitrogens with zero attached hydrogens (tertiary/aromatic N) is 1. The lowest BCUT2D eigenvalue weighted by Gasteiger charge is -2.31. The molecule has 0 aromatic rings. The van der Waals surface area contributed by atoms with Crippen molar-refractivity contribution in [3.8, 4) is 0 Å². The molecule has 0 saturated carbocycles. The van der Waals surface area contributed by atoms with Crippen molar-refractivity contribution in [1.29, 1.82) is 0 Å². The van der Waals surface area contributed by atoms with E-state index in [-0.39, 0.29) is 19.1 Å². The Hall–Kier alpha value is -1.83. The standard InChI is InChI=1S/C12H21N3O5/c1-3-4-13-10(16)8(2)14-12(19)15-5-6-20-9(7-15)11(17)18/h8-9H,3-7H2,1-2H3,(H,13,16)(H,14,19)(H,17,18). The summed E-state index contributed by atoms with van der Waals surface area (Å²) < 4.78 is 5.02. The normalized spacial score (nSPS) is 20.1. The second-order valence-corrected chi connectivity index (χ2v) is 4.61. The first-order valence-electron chi connectivity index (χ1n) is 6.63. The predicted octanol–water partition coefficient (Wildman–Crippen LogP) is -0.604. The van der Waals surface area contributed by atoms with E-state index in [1.807, 2.05) is 6.92 Å². The number of hydrogen-bond donors (Lipinski definition) is 3. The average Bonchev–Trinajstić information content (AvgIpc) is 2.44. The molecule has 1 aliphatic rings. The second kappa shape index (κ2) is 7.68. The van der Waals surface area contributed by atoms with Crippen molar-refractivity contribution in [2.45, 2.75) is 32.4 Å². The maximum Gasteiger partial charge on any atom is 0.334 e. The van der Waals surface area contributed by atoms with Crippen molar-refractivity contribution >= 4 is 17.9 Å². The molecule has 8 heteroatoms. The van der Waals surface area contributed by atoms with E-state index in [9.17, 15) is 14.4 Å². The second-order valence-electron chi connectivity index (χ2n) is 4.61. The Bertz CT molecular complexity index is 374. The van der Waals surface area contributed by atoms with E-state index in [1.54, 1.807) is 6.92 Å². The molecular weight excluding hydrogens is 266 g/mol. The van der Waals surface area contributed by atoms with Gasteiger partial charge in [-0.05, 0) is 13.3 Å². The summed E-state index contributed by atoms with van der Waals surface area (Å²) in [6, 6.07) is -1.13. The van der Waals surface area contributed by atoms with E-state index >= 15 is 0 Å². The van der Waals surface area contributed by atoms with Crippen molar-refractivity contribution in [3.63, 3.8) is 0 Å². The van der Waals surface area contributed by atoms with Gasteiger partial charge in [-0.3, -0.25) is 4.79 Å². The number of carboxylic acid groups (broad SMARTS) is 1. The van der Waals surface area contributed by atoms with Gasteiger partial charge in [0.05, 0.1) is 13.2 Å². The third-order valence-corrected chi connectivity index (χ3v) is 2.91. The highest BCUT2D eigenvalue weighted by Gasteiger charge is 2.30. The zero-order chi connectivity index (χ0) is 15.1. The molecular formula is C12H21N3O5. The van der Waals surface area contributed by atoms with Crippen LogP contribution in [0.1, 0.15) is 20.3 Å². The van der Waals surface area contributed by atoms with E-state index in [0.29, 0.717) is 13.1 Å². The molecule has 0 spiro atoms. The van der Waals surface area contributed by atoms with Gasteiger partial charge in [-0.15, -0.1) is 0 Å².